The third kappa shape index (κ3) is 3.98. The second kappa shape index (κ2) is 9.35. The number of nitrogens with zero attached hydrogens (tertiary/aromatic N) is 1. The first-order valence-corrected chi connectivity index (χ1v) is 10.6. The first-order chi connectivity index (χ1) is 16.4. The monoisotopic (exact) mass is 463 g/mol. The minimum absolute atomic E-state index is 0.0313. The lowest BCUT2D eigenvalue weighted by atomic mass is 9.94. The Labute approximate surface area is 197 Å². The summed E-state index contributed by atoms with van der Waals surface area (Å²) < 4.78 is 21.8. The zero-order valence-electron chi connectivity index (χ0n) is 19.3. The van der Waals surface area contributed by atoms with Gasteiger partial charge in [-0.05, 0) is 36.8 Å². The van der Waals surface area contributed by atoms with E-state index in [1.54, 1.807) is 36.4 Å². The number of ether oxygens (including phenoxy) is 3. The van der Waals surface area contributed by atoms with Gasteiger partial charge in [-0.25, -0.2) is 0 Å². The molecule has 8 nitrogen and oxygen atoms in total. The molecule has 1 unspecified atom stereocenters. The van der Waals surface area contributed by atoms with Crippen LogP contribution in [0.3, 0.4) is 0 Å². The Hall–Kier alpha value is -4.20. The number of Topliss-reactive ketones (excluding diaryl/α,β-unsaturated/α-hetero) is 1. The number of furan rings is 1. The standard InChI is InChI=1S/C26H25NO7/c1-15-7-9-16(10-8-15)23(28)21-22(17-12-19(31-2)25(33-4)20(13-17)32-3)27(26(30)24(21)29)14-18-6-5-11-34-18/h5-13,22,28H,14H2,1-4H3/b23-21+. The van der Waals surface area contributed by atoms with Crippen molar-refractivity contribution >= 4 is 17.4 Å². The second-order valence-corrected chi connectivity index (χ2v) is 7.83. The first-order valence-electron chi connectivity index (χ1n) is 10.6. The van der Waals surface area contributed by atoms with E-state index in [9.17, 15) is 14.7 Å². The Kier molecular flexibility index (Phi) is 6.32. The van der Waals surface area contributed by atoms with Crippen LogP contribution < -0.4 is 14.2 Å². The number of carbonyl (C=O) groups excluding carboxylic acids is 2. The number of amides is 1. The molecule has 1 aliphatic rings. The second-order valence-electron chi connectivity index (χ2n) is 7.83. The van der Waals surface area contributed by atoms with Gasteiger partial charge in [-0.1, -0.05) is 29.8 Å². The van der Waals surface area contributed by atoms with E-state index in [4.69, 9.17) is 18.6 Å². The molecule has 1 fully saturated rings. The van der Waals surface area contributed by atoms with Crippen molar-refractivity contribution in [2.75, 3.05) is 21.3 Å². The molecule has 1 atom stereocenters. The SMILES string of the molecule is COc1cc(C2/C(=C(\O)c3ccc(C)cc3)C(=O)C(=O)N2Cc2ccco2)cc(OC)c1OC. The van der Waals surface area contributed by atoms with Gasteiger partial charge in [0.1, 0.15) is 11.5 Å². The van der Waals surface area contributed by atoms with Crippen LogP contribution in [-0.2, 0) is 16.1 Å². The average Bonchev–Trinajstić information content (AvgIpc) is 3.45. The molecule has 176 valence electrons. The molecule has 0 saturated carbocycles. The molecule has 8 heteroatoms. The van der Waals surface area contributed by atoms with Crippen molar-refractivity contribution in [1.82, 2.24) is 4.90 Å². The van der Waals surface area contributed by atoms with Crippen LogP contribution in [0.1, 0.15) is 28.5 Å². The van der Waals surface area contributed by atoms with E-state index in [2.05, 4.69) is 0 Å². The van der Waals surface area contributed by atoms with Gasteiger partial charge in [0, 0.05) is 5.56 Å². The molecular weight excluding hydrogens is 438 g/mol. The van der Waals surface area contributed by atoms with Crippen molar-refractivity contribution in [2.45, 2.75) is 19.5 Å². The normalized spacial score (nSPS) is 17.2. The van der Waals surface area contributed by atoms with Gasteiger partial charge >= 0.3 is 0 Å². The molecule has 1 aliphatic heterocycles. The van der Waals surface area contributed by atoms with Gasteiger partial charge in [0.25, 0.3) is 11.7 Å². The summed E-state index contributed by atoms with van der Waals surface area (Å²) in [7, 11) is 4.45. The maximum Gasteiger partial charge on any atom is 0.296 e. The number of benzene rings is 2. The maximum absolute atomic E-state index is 13.2. The Bertz CT molecular complexity index is 1220. The fourth-order valence-electron chi connectivity index (χ4n) is 4.09. The Morgan fingerprint density at radius 1 is 1.00 bits per heavy atom. The van der Waals surface area contributed by atoms with Crippen LogP contribution in [-0.4, -0.2) is 43.0 Å². The number of likely N-dealkylation sites (tertiary alicyclic amines) is 1. The molecule has 2 aromatic carbocycles. The lowest BCUT2D eigenvalue weighted by Gasteiger charge is -2.26. The highest BCUT2D eigenvalue weighted by atomic mass is 16.5. The van der Waals surface area contributed by atoms with Crippen LogP contribution >= 0.6 is 0 Å². The zero-order valence-corrected chi connectivity index (χ0v) is 19.3. The minimum Gasteiger partial charge on any atom is -0.507 e. The van der Waals surface area contributed by atoms with Crippen LogP contribution in [0.4, 0.5) is 0 Å². The Morgan fingerprint density at radius 3 is 2.18 bits per heavy atom. The molecule has 1 saturated heterocycles. The van der Waals surface area contributed by atoms with E-state index in [-0.39, 0.29) is 17.9 Å². The maximum atomic E-state index is 13.2. The van der Waals surface area contributed by atoms with Gasteiger partial charge in [-0.2, -0.15) is 0 Å². The molecule has 1 N–H and O–H groups in total. The predicted octanol–water partition coefficient (Wildman–Crippen LogP) is 4.24. The van der Waals surface area contributed by atoms with Crippen LogP contribution in [0.25, 0.3) is 5.76 Å². The summed E-state index contributed by atoms with van der Waals surface area (Å²) in [6, 6.07) is 12.9. The fraction of sp³-hybridized carbons (Fsp3) is 0.231. The van der Waals surface area contributed by atoms with Crippen molar-refractivity contribution in [2.24, 2.45) is 0 Å². The van der Waals surface area contributed by atoms with E-state index in [1.165, 1.54) is 32.5 Å². The smallest absolute Gasteiger partial charge is 0.296 e. The summed E-state index contributed by atoms with van der Waals surface area (Å²) in [5.74, 6) is -0.220. The van der Waals surface area contributed by atoms with E-state index in [1.807, 2.05) is 19.1 Å². The number of carbonyl (C=O) groups is 2. The largest absolute Gasteiger partial charge is 0.507 e. The molecular formula is C26H25NO7. The summed E-state index contributed by atoms with van der Waals surface area (Å²) in [4.78, 5) is 27.7. The van der Waals surface area contributed by atoms with Crippen LogP contribution in [0.2, 0.25) is 0 Å². The third-order valence-electron chi connectivity index (χ3n) is 5.77. The molecule has 1 amide bonds. The van der Waals surface area contributed by atoms with Gasteiger partial charge in [0.15, 0.2) is 11.5 Å². The lowest BCUT2D eigenvalue weighted by Crippen LogP contribution is -2.29. The van der Waals surface area contributed by atoms with Crippen LogP contribution in [0.5, 0.6) is 17.2 Å². The van der Waals surface area contributed by atoms with Crippen molar-refractivity contribution in [1.29, 1.82) is 0 Å². The number of aliphatic hydroxyl groups excluding tert-OH is 1. The Balaban J connectivity index is 1.94. The van der Waals surface area contributed by atoms with Crippen LogP contribution in [0.15, 0.2) is 64.8 Å². The van der Waals surface area contributed by atoms with Crippen LogP contribution in [0, 0.1) is 6.92 Å². The number of rotatable bonds is 7. The highest BCUT2D eigenvalue weighted by Crippen LogP contribution is 2.46. The van der Waals surface area contributed by atoms with E-state index >= 15 is 0 Å². The summed E-state index contributed by atoms with van der Waals surface area (Å²) in [6.45, 7) is 1.95. The van der Waals surface area contributed by atoms with E-state index in [0.29, 0.717) is 34.1 Å². The summed E-state index contributed by atoms with van der Waals surface area (Å²) in [5, 5.41) is 11.2. The van der Waals surface area contributed by atoms with E-state index < -0.39 is 17.7 Å². The average molecular weight is 463 g/mol. The number of ketones is 1. The van der Waals surface area contributed by atoms with Crippen molar-refractivity contribution in [3.8, 4) is 17.2 Å². The lowest BCUT2D eigenvalue weighted by molar-refractivity contribution is -0.140. The molecule has 0 radical (unpaired) electrons. The highest BCUT2D eigenvalue weighted by Gasteiger charge is 2.47. The van der Waals surface area contributed by atoms with Gasteiger partial charge in [0.05, 0.1) is 45.8 Å². The summed E-state index contributed by atoms with van der Waals surface area (Å²) >= 11 is 0. The zero-order chi connectivity index (χ0) is 24.4. The van der Waals surface area contributed by atoms with Crippen molar-refractivity contribution in [3.63, 3.8) is 0 Å². The summed E-state index contributed by atoms with van der Waals surface area (Å²) in [6.07, 6.45) is 1.49. The predicted molar refractivity (Wildman–Crippen MR) is 124 cm³/mol. The summed E-state index contributed by atoms with van der Waals surface area (Å²) in [5.41, 5.74) is 1.90. The Morgan fingerprint density at radius 2 is 1.65 bits per heavy atom. The first kappa shape index (κ1) is 23.0. The van der Waals surface area contributed by atoms with Gasteiger partial charge in [0.2, 0.25) is 5.75 Å². The minimum atomic E-state index is -0.917. The topological polar surface area (TPSA) is 98.4 Å². The molecule has 2 heterocycles. The number of aryl methyl sites for hydroxylation is 1. The molecule has 34 heavy (non-hydrogen) atoms. The van der Waals surface area contributed by atoms with Gasteiger partial charge in [-0.3, -0.25) is 9.59 Å². The quantitative estimate of drug-likeness (QED) is 0.318. The van der Waals surface area contributed by atoms with Gasteiger partial charge < -0.3 is 28.6 Å². The molecule has 3 aromatic rings. The fourth-order valence-corrected chi connectivity index (χ4v) is 4.09. The number of methoxy groups -OCH3 is 3. The third-order valence-corrected chi connectivity index (χ3v) is 5.77. The van der Waals surface area contributed by atoms with E-state index in [0.717, 1.165) is 5.56 Å². The van der Waals surface area contributed by atoms with Gasteiger partial charge in [-0.15, -0.1) is 0 Å². The number of aliphatic hydroxyl groups is 1. The number of hydrogen-bond acceptors (Lipinski definition) is 7. The molecule has 0 aliphatic carbocycles. The number of hydrogen-bond donors (Lipinski definition) is 1. The molecule has 4 rings (SSSR count). The molecule has 0 bridgehead atoms. The molecule has 0 spiro atoms. The van der Waals surface area contributed by atoms with Crippen molar-refractivity contribution < 1.29 is 33.3 Å². The van der Waals surface area contributed by atoms with Crippen molar-refractivity contribution in [3.05, 3.63) is 82.8 Å². The highest BCUT2D eigenvalue weighted by molar-refractivity contribution is 6.46. The molecule has 1 aromatic heterocycles.